The van der Waals surface area contributed by atoms with Gasteiger partial charge in [0.05, 0.1) is 16.7 Å². The van der Waals surface area contributed by atoms with Gasteiger partial charge >= 0.3 is 0 Å². The average Bonchev–Trinajstić information content (AvgIpc) is 3.66. The lowest BCUT2D eigenvalue weighted by Crippen LogP contribution is -1.94. The van der Waals surface area contributed by atoms with Crippen molar-refractivity contribution >= 4 is 75.3 Å². The lowest BCUT2D eigenvalue weighted by molar-refractivity contribution is 0.670. The highest BCUT2D eigenvalue weighted by Gasteiger charge is 2.20. The van der Waals surface area contributed by atoms with Gasteiger partial charge in [-0.05, 0) is 42.0 Å². The van der Waals surface area contributed by atoms with Crippen LogP contribution in [-0.4, -0.2) is 4.57 Å². The number of fused-ring (bicyclic) bond motifs is 9. The Morgan fingerprint density at radius 3 is 1.85 bits per heavy atom. The number of hydrogen-bond donors (Lipinski definition) is 0. The Morgan fingerprint density at radius 1 is 0.462 bits per heavy atom. The molecule has 9 rings (SSSR count). The molecule has 0 fully saturated rings. The van der Waals surface area contributed by atoms with Crippen LogP contribution in [0.15, 0.2) is 132 Å². The van der Waals surface area contributed by atoms with Gasteiger partial charge < -0.3 is 8.98 Å². The van der Waals surface area contributed by atoms with Gasteiger partial charge in [0.1, 0.15) is 11.2 Å². The Morgan fingerprint density at radius 2 is 1.05 bits per heavy atom. The third kappa shape index (κ3) is 2.85. The molecule has 3 heterocycles. The van der Waals surface area contributed by atoms with Gasteiger partial charge in [0.25, 0.3) is 0 Å². The monoisotopic (exact) mass is 515 g/mol. The van der Waals surface area contributed by atoms with Gasteiger partial charge in [-0.25, -0.2) is 0 Å². The average molecular weight is 516 g/mol. The van der Waals surface area contributed by atoms with Gasteiger partial charge in [0.15, 0.2) is 0 Å². The Kier molecular flexibility index (Phi) is 4.24. The van der Waals surface area contributed by atoms with E-state index in [0.717, 1.165) is 27.5 Å². The number of para-hydroxylation sites is 4. The van der Waals surface area contributed by atoms with Crippen LogP contribution in [-0.2, 0) is 0 Å². The number of thiophene rings is 1. The summed E-state index contributed by atoms with van der Waals surface area (Å²) in [6.07, 6.45) is 0. The molecule has 0 aliphatic carbocycles. The molecule has 182 valence electrons. The van der Waals surface area contributed by atoms with E-state index in [0.29, 0.717) is 0 Å². The number of nitrogens with zero attached hydrogens (tertiary/aromatic N) is 1. The normalized spacial score (nSPS) is 12.1. The summed E-state index contributed by atoms with van der Waals surface area (Å²) in [5, 5.41) is 7.43. The minimum absolute atomic E-state index is 0.924. The predicted octanol–water partition coefficient (Wildman–Crippen LogP) is 10.7. The molecule has 0 spiro atoms. The Balaban J connectivity index is 1.44. The molecule has 39 heavy (non-hydrogen) atoms. The smallest absolute Gasteiger partial charge is 0.143 e. The van der Waals surface area contributed by atoms with E-state index < -0.39 is 0 Å². The summed E-state index contributed by atoms with van der Waals surface area (Å²) in [6.45, 7) is 0. The summed E-state index contributed by atoms with van der Waals surface area (Å²) in [7, 11) is 0. The molecule has 0 unspecified atom stereocenters. The van der Waals surface area contributed by atoms with Crippen molar-refractivity contribution in [1.29, 1.82) is 0 Å². The molecule has 2 nitrogen and oxygen atoms in total. The summed E-state index contributed by atoms with van der Waals surface area (Å²) in [5.74, 6) is 0. The van der Waals surface area contributed by atoms with Crippen LogP contribution in [0.5, 0.6) is 0 Å². The van der Waals surface area contributed by atoms with Gasteiger partial charge in [-0.15, -0.1) is 11.3 Å². The molecule has 0 aliphatic heterocycles. The number of furan rings is 1. The minimum Gasteiger partial charge on any atom is -0.455 e. The maximum absolute atomic E-state index is 6.49. The molecule has 0 aliphatic rings. The maximum atomic E-state index is 6.49. The van der Waals surface area contributed by atoms with Crippen molar-refractivity contribution in [3.63, 3.8) is 0 Å². The molecule has 3 aromatic heterocycles. The van der Waals surface area contributed by atoms with Crippen LogP contribution >= 0.6 is 11.3 Å². The SMILES string of the molecule is c1ccc2c(c1)oc1c(-c3cccc4sc5cccc(-n6c7ccccc7c7ccccc76)c5c34)cccc12. The molecule has 0 atom stereocenters. The highest BCUT2D eigenvalue weighted by molar-refractivity contribution is 7.26. The molecule has 0 amide bonds. The predicted molar refractivity (Wildman–Crippen MR) is 166 cm³/mol. The number of benzene rings is 6. The summed E-state index contributed by atoms with van der Waals surface area (Å²) in [6, 6.07) is 45.7. The summed E-state index contributed by atoms with van der Waals surface area (Å²) < 4.78 is 11.5. The third-order valence-corrected chi connectivity index (χ3v) is 9.14. The molecular formula is C36H21NOS. The van der Waals surface area contributed by atoms with Crippen molar-refractivity contribution in [3.05, 3.63) is 127 Å². The van der Waals surface area contributed by atoms with Crippen LogP contribution in [0.4, 0.5) is 0 Å². The van der Waals surface area contributed by atoms with Gasteiger partial charge in [0.2, 0.25) is 0 Å². The van der Waals surface area contributed by atoms with E-state index in [2.05, 4.69) is 126 Å². The van der Waals surface area contributed by atoms with Crippen LogP contribution in [0.2, 0.25) is 0 Å². The first-order chi connectivity index (χ1) is 19.4. The van der Waals surface area contributed by atoms with Crippen LogP contribution < -0.4 is 0 Å². The standard InChI is InChI=1S/C36H21NOS/c1-4-16-28-22(10-1)23-11-2-5-17-29(23)37(28)30-18-9-21-33-35(30)34-25(13-8-20-32(34)39-33)27-15-7-14-26-24-12-3-6-19-31(24)38-36(26)27/h1-21H. The van der Waals surface area contributed by atoms with E-state index in [1.165, 1.54) is 53.2 Å². The van der Waals surface area contributed by atoms with Crippen molar-refractivity contribution in [2.45, 2.75) is 0 Å². The van der Waals surface area contributed by atoms with E-state index in [9.17, 15) is 0 Å². The summed E-state index contributed by atoms with van der Waals surface area (Å²) >= 11 is 1.86. The zero-order valence-corrected chi connectivity index (χ0v) is 21.7. The Bertz CT molecular complexity index is 2350. The molecule has 0 radical (unpaired) electrons. The van der Waals surface area contributed by atoms with Crippen LogP contribution in [0.1, 0.15) is 0 Å². The highest BCUT2D eigenvalue weighted by Crippen LogP contribution is 2.46. The minimum atomic E-state index is 0.924. The van der Waals surface area contributed by atoms with Crippen LogP contribution in [0, 0.1) is 0 Å². The van der Waals surface area contributed by atoms with Crippen molar-refractivity contribution in [2.24, 2.45) is 0 Å². The molecule has 0 bridgehead atoms. The van der Waals surface area contributed by atoms with Crippen LogP contribution in [0.3, 0.4) is 0 Å². The molecule has 6 aromatic carbocycles. The second-order valence-corrected chi connectivity index (χ2v) is 11.2. The quantitative estimate of drug-likeness (QED) is 0.224. The van der Waals surface area contributed by atoms with E-state index in [-0.39, 0.29) is 0 Å². The van der Waals surface area contributed by atoms with E-state index >= 15 is 0 Å². The number of rotatable bonds is 2. The number of aromatic nitrogens is 1. The zero-order chi connectivity index (χ0) is 25.5. The second kappa shape index (κ2) is 7.83. The Labute approximate surface area is 227 Å². The lowest BCUT2D eigenvalue weighted by Gasteiger charge is -2.12. The fraction of sp³-hybridized carbons (Fsp3) is 0. The second-order valence-electron chi connectivity index (χ2n) is 10.1. The molecule has 0 saturated heterocycles. The fourth-order valence-corrected chi connectivity index (χ4v) is 7.55. The van der Waals surface area contributed by atoms with Gasteiger partial charge in [-0.3, -0.25) is 0 Å². The van der Waals surface area contributed by atoms with Crippen molar-refractivity contribution in [3.8, 4) is 16.8 Å². The van der Waals surface area contributed by atoms with E-state index in [4.69, 9.17) is 4.42 Å². The van der Waals surface area contributed by atoms with Gasteiger partial charge in [0, 0.05) is 47.3 Å². The van der Waals surface area contributed by atoms with Crippen molar-refractivity contribution < 1.29 is 4.42 Å². The molecule has 3 heteroatoms. The molecular weight excluding hydrogens is 494 g/mol. The first-order valence-corrected chi connectivity index (χ1v) is 14.0. The molecule has 0 N–H and O–H groups in total. The Hall–Kier alpha value is -4.86. The first kappa shape index (κ1) is 21.1. The first-order valence-electron chi connectivity index (χ1n) is 13.2. The van der Waals surface area contributed by atoms with Gasteiger partial charge in [-0.2, -0.15) is 0 Å². The maximum Gasteiger partial charge on any atom is 0.143 e. The zero-order valence-electron chi connectivity index (χ0n) is 20.9. The molecule has 0 saturated carbocycles. The lowest BCUT2D eigenvalue weighted by atomic mass is 9.97. The van der Waals surface area contributed by atoms with E-state index in [1.54, 1.807) is 0 Å². The molecule has 9 aromatic rings. The van der Waals surface area contributed by atoms with Gasteiger partial charge in [-0.1, -0.05) is 91.0 Å². The number of hydrogen-bond acceptors (Lipinski definition) is 2. The summed E-state index contributed by atoms with van der Waals surface area (Å²) in [5.41, 5.74) is 7.86. The van der Waals surface area contributed by atoms with Crippen LogP contribution in [0.25, 0.3) is 80.7 Å². The van der Waals surface area contributed by atoms with Crippen molar-refractivity contribution in [1.82, 2.24) is 4.57 Å². The fourth-order valence-electron chi connectivity index (χ4n) is 6.40. The highest BCUT2D eigenvalue weighted by atomic mass is 32.1. The summed E-state index contributed by atoms with van der Waals surface area (Å²) in [4.78, 5) is 0. The third-order valence-electron chi connectivity index (χ3n) is 8.02. The van der Waals surface area contributed by atoms with E-state index in [1.807, 2.05) is 17.4 Å². The largest absolute Gasteiger partial charge is 0.455 e. The van der Waals surface area contributed by atoms with Crippen molar-refractivity contribution in [2.75, 3.05) is 0 Å². The topological polar surface area (TPSA) is 18.1 Å².